The number of hydrogen-bond donors (Lipinski definition) is 1. The van der Waals surface area contributed by atoms with Crippen LogP contribution in [0.1, 0.15) is 18.9 Å². The van der Waals surface area contributed by atoms with Gasteiger partial charge in [0.15, 0.2) is 0 Å². The van der Waals surface area contributed by atoms with E-state index in [0.29, 0.717) is 17.1 Å². The molecule has 2 aromatic rings. The fourth-order valence-corrected chi connectivity index (χ4v) is 2.37. The van der Waals surface area contributed by atoms with E-state index in [9.17, 15) is 4.39 Å². The minimum absolute atomic E-state index is 0.315. The monoisotopic (exact) mass is 307 g/mol. The molecule has 0 radical (unpaired) electrons. The highest BCUT2D eigenvalue weighted by Crippen LogP contribution is 2.30. The summed E-state index contributed by atoms with van der Waals surface area (Å²) in [5.74, 6) is 0.450. The molecule has 2 nitrogen and oxygen atoms in total. The summed E-state index contributed by atoms with van der Waals surface area (Å²) in [6.07, 6.45) is 1.05. The van der Waals surface area contributed by atoms with Crippen LogP contribution in [0.3, 0.4) is 0 Å². The first-order chi connectivity index (χ1) is 10.2. The minimum Gasteiger partial charge on any atom is -0.497 e. The number of hydrogen-bond acceptors (Lipinski definition) is 2. The van der Waals surface area contributed by atoms with Gasteiger partial charge >= 0.3 is 0 Å². The summed E-state index contributed by atoms with van der Waals surface area (Å²) in [7, 11) is 1.63. The maximum absolute atomic E-state index is 14.2. The quantitative estimate of drug-likeness (QED) is 0.784. The summed E-state index contributed by atoms with van der Waals surface area (Å²) >= 11 is 5.82. The van der Waals surface area contributed by atoms with Crippen LogP contribution in [-0.2, 0) is 6.54 Å². The van der Waals surface area contributed by atoms with Gasteiger partial charge in [-0.05, 0) is 54.4 Å². The van der Waals surface area contributed by atoms with Gasteiger partial charge in [0, 0.05) is 17.1 Å². The van der Waals surface area contributed by atoms with Crippen LogP contribution in [0.15, 0.2) is 36.4 Å². The SMILES string of the molecule is CCCNCc1cc(OC)ccc1-c1ccc(Cl)cc1F. The molecule has 1 N–H and O–H groups in total. The molecular weight excluding hydrogens is 289 g/mol. The smallest absolute Gasteiger partial charge is 0.132 e. The number of ether oxygens (including phenoxy) is 1. The number of methoxy groups -OCH3 is 1. The highest BCUT2D eigenvalue weighted by molar-refractivity contribution is 6.30. The van der Waals surface area contributed by atoms with E-state index in [0.717, 1.165) is 29.8 Å². The average molecular weight is 308 g/mol. The summed E-state index contributed by atoms with van der Waals surface area (Å²) in [6.45, 7) is 3.69. The maximum Gasteiger partial charge on any atom is 0.132 e. The Kier molecular flexibility index (Phi) is 5.59. The molecule has 21 heavy (non-hydrogen) atoms. The number of rotatable bonds is 6. The van der Waals surface area contributed by atoms with Crippen LogP contribution < -0.4 is 10.1 Å². The molecule has 0 aliphatic rings. The van der Waals surface area contributed by atoms with Crippen LogP contribution in [0, 0.1) is 5.82 Å². The van der Waals surface area contributed by atoms with Gasteiger partial charge in [0.25, 0.3) is 0 Å². The normalized spacial score (nSPS) is 10.7. The third kappa shape index (κ3) is 3.96. The molecule has 0 saturated heterocycles. The molecule has 0 aliphatic heterocycles. The molecule has 0 spiro atoms. The van der Waals surface area contributed by atoms with E-state index in [1.165, 1.54) is 6.07 Å². The largest absolute Gasteiger partial charge is 0.497 e. The van der Waals surface area contributed by atoms with Gasteiger partial charge in [0.2, 0.25) is 0 Å². The van der Waals surface area contributed by atoms with E-state index in [4.69, 9.17) is 16.3 Å². The predicted molar refractivity (Wildman–Crippen MR) is 85.4 cm³/mol. The predicted octanol–water partition coefficient (Wildman–Crippen LogP) is 4.65. The van der Waals surface area contributed by atoms with Crippen molar-refractivity contribution >= 4 is 11.6 Å². The zero-order valence-corrected chi connectivity index (χ0v) is 13.0. The lowest BCUT2D eigenvalue weighted by atomic mass is 9.98. The summed E-state index contributed by atoms with van der Waals surface area (Å²) in [5.41, 5.74) is 2.41. The molecule has 0 heterocycles. The second-order valence-corrected chi connectivity index (χ2v) is 5.26. The topological polar surface area (TPSA) is 21.3 Å². The van der Waals surface area contributed by atoms with E-state index >= 15 is 0 Å². The first-order valence-corrected chi connectivity index (χ1v) is 7.36. The van der Waals surface area contributed by atoms with E-state index in [1.807, 2.05) is 18.2 Å². The van der Waals surface area contributed by atoms with Crippen LogP contribution in [0.4, 0.5) is 4.39 Å². The Morgan fingerprint density at radius 1 is 1.14 bits per heavy atom. The molecule has 0 aromatic heterocycles. The number of benzene rings is 2. The van der Waals surface area contributed by atoms with Gasteiger partial charge in [-0.25, -0.2) is 4.39 Å². The fraction of sp³-hybridized carbons (Fsp3) is 0.294. The Hall–Kier alpha value is -1.58. The van der Waals surface area contributed by atoms with Gasteiger partial charge in [0.1, 0.15) is 11.6 Å². The molecule has 0 saturated carbocycles. The molecule has 0 unspecified atom stereocenters. The third-order valence-electron chi connectivity index (χ3n) is 3.28. The molecular formula is C17H19ClFNO. The molecule has 4 heteroatoms. The van der Waals surface area contributed by atoms with Crippen molar-refractivity contribution in [2.45, 2.75) is 19.9 Å². The molecule has 2 rings (SSSR count). The molecule has 112 valence electrons. The molecule has 2 aromatic carbocycles. The van der Waals surface area contributed by atoms with E-state index in [1.54, 1.807) is 19.2 Å². The fourth-order valence-electron chi connectivity index (χ4n) is 2.21. The maximum atomic E-state index is 14.2. The van der Waals surface area contributed by atoms with Crippen LogP contribution in [0.2, 0.25) is 5.02 Å². The Morgan fingerprint density at radius 2 is 1.90 bits per heavy atom. The highest BCUT2D eigenvalue weighted by Gasteiger charge is 2.11. The molecule has 0 aliphatic carbocycles. The van der Waals surface area contributed by atoms with Gasteiger partial charge in [-0.15, -0.1) is 0 Å². The van der Waals surface area contributed by atoms with Crippen LogP contribution in [-0.4, -0.2) is 13.7 Å². The van der Waals surface area contributed by atoms with Crippen molar-refractivity contribution < 1.29 is 9.13 Å². The zero-order chi connectivity index (χ0) is 15.2. The third-order valence-corrected chi connectivity index (χ3v) is 3.51. The molecule has 0 amide bonds. The summed E-state index contributed by atoms with van der Waals surface area (Å²) in [5, 5.41) is 3.74. The lowest BCUT2D eigenvalue weighted by Gasteiger charge is -2.13. The van der Waals surface area contributed by atoms with Crippen molar-refractivity contribution in [3.63, 3.8) is 0 Å². The Balaban J connectivity index is 2.40. The number of nitrogens with one attached hydrogen (secondary N) is 1. The van der Waals surface area contributed by atoms with Gasteiger partial charge in [-0.1, -0.05) is 24.6 Å². The lowest BCUT2D eigenvalue weighted by molar-refractivity contribution is 0.414. The highest BCUT2D eigenvalue weighted by atomic mass is 35.5. The molecule has 0 fully saturated rings. The molecule has 0 atom stereocenters. The standard InChI is InChI=1S/C17H19ClFNO/c1-3-8-20-11-12-9-14(21-2)5-7-15(12)16-6-4-13(18)10-17(16)19/h4-7,9-10,20H,3,8,11H2,1-2H3. The lowest BCUT2D eigenvalue weighted by Crippen LogP contribution is -2.14. The van der Waals surface area contributed by atoms with Gasteiger partial charge in [-0.2, -0.15) is 0 Å². The van der Waals surface area contributed by atoms with Crippen LogP contribution in [0.25, 0.3) is 11.1 Å². The average Bonchev–Trinajstić information content (AvgIpc) is 2.48. The first-order valence-electron chi connectivity index (χ1n) is 6.98. The zero-order valence-electron chi connectivity index (χ0n) is 12.2. The van der Waals surface area contributed by atoms with Crippen molar-refractivity contribution in [3.05, 3.63) is 52.8 Å². The summed E-state index contributed by atoms with van der Waals surface area (Å²) < 4.78 is 19.4. The Labute approximate surface area is 129 Å². The van der Waals surface area contributed by atoms with Gasteiger partial charge in [-0.3, -0.25) is 0 Å². The summed E-state index contributed by atoms with van der Waals surface area (Å²) in [6, 6.07) is 10.4. The Morgan fingerprint density at radius 3 is 2.57 bits per heavy atom. The van der Waals surface area contributed by atoms with Crippen molar-refractivity contribution in [3.8, 4) is 16.9 Å². The van der Waals surface area contributed by atoms with Gasteiger partial charge in [0.05, 0.1) is 7.11 Å². The van der Waals surface area contributed by atoms with Crippen LogP contribution >= 0.6 is 11.6 Å². The number of halogens is 2. The van der Waals surface area contributed by atoms with Crippen LogP contribution in [0.5, 0.6) is 5.75 Å². The van der Waals surface area contributed by atoms with Crippen molar-refractivity contribution in [2.75, 3.05) is 13.7 Å². The van der Waals surface area contributed by atoms with Crippen molar-refractivity contribution in [1.82, 2.24) is 5.32 Å². The minimum atomic E-state index is -0.315. The van der Waals surface area contributed by atoms with E-state index < -0.39 is 0 Å². The van der Waals surface area contributed by atoms with E-state index in [2.05, 4.69) is 12.2 Å². The van der Waals surface area contributed by atoms with Gasteiger partial charge < -0.3 is 10.1 Å². The second kappa shape index (κ2) is 7.43. The van der Waals surface area contributed by atoms with E-state index in [-0.39, 0.29) is 5.82 Å². The summed E-state index contributed by atoms with van der Waals surface area (Å²) in [4.78, 5) is 0. The molecule has 0 bridgehead atoms. The second-order valence-electron chi connectivity index (χ2n) is 4.82. The van der Waals surface area contributed by atoms with Crippen molar-refractivity contribution in [2.24, 2.45) is 0 Å². The first kappa shape index (κ1) is 15.8. The Bertz CT molecular complexity index is 616. The van der Waals surface area contributed by atoms with Crippen molar-refractivity contribution in [1.29, 1.82) is 0 Å².